The van der Waals surface area contributed by atoms with E-state index in [1.807, 2.05) is 17.8 Å². The van der Waals surface area contributed by atoms with Crippen molar-refractivity contribution in [3.8, 4) is 16.2 Å². The molecule has 0 atom stereocenters. The summed E-state index contributed by atoms with van der Waals surface area (Å²) in [6, 6.07) is 6.21. The monoisotopic (exact) mass is 304 g/mol. The van der Waals surface area contributed by atoms with E-state index < -0.39 is 0 Å². The Kier molecular flexibility index (Phi) is 3.56. The van der Waals surface area contributed by atoms with Gasteiger partial charge in [-0.05, 0) is 50.4 Å². The van der Waals surface area contributed by atoms with Crippen LogP contribution in [0.25, 0.3) is 10.4 Å². The van der Waals surface area contributed by atoms with Crippen molar-refractivity contribution in [1.82, 2.24) is 4.98 Å². The van der Waals surface area contributed by atoms with E-state index in [1.165, 1.54) is 4.88 Å². The lowest BCUT2D eigenvalue weighted by Crippen LogP contribution is -2.05. The smallest absolute Gasteiger partial charge is 0.132 e. The fourth-order valence-corrected chi connectivity index (χ4v) is 3.23. The molecule has 1 aromatic carbocycles. The average Bonchev–Trinajstić information content (AvgIpc) is 2.85. The van der Waals surface area contributed by atoms with Gasteiger partial charge < -0.3 is 4.74 Å². The minimum Gasteiger partial charge on any atom is -0.487 e. The summed E-state index contributed by atoms with van der Waals surface area (Å²) in [7, 11) is 0. The maximum atomic E-state index is 5.77. The predicted octanol–water partition coefficient (Wildman–Crippen LogP) is 4.57. The van der Waals surface area contributed by atoms with Crippen LogP contribution in [0.15, 0.2) is 28.1 Å². The Labute approximate surface area is 127 Å². The van der Waals surface area contributed by atoms with Crippen LogP contribution in [0.4, 0.5) is 0 Å². The van der Waals surface area contributed by atoms with Gasteiger partial charge in [0, 0.05) is 16.5 Å². The second-order valence-corrected chi connectivity index (χ2v) is 8.08. The molecule has 1 aliphatic heterocycles. The molecule has 0 bridgehead atoms. The summed E-state index contributed by atoms with van der Waals surface area (Å²) in [6.45, 7) is 7.01. The van der Waals surface area contributed by atoms with Crippen LogP contribution in [-0.4, -0.2) is 15.9 Å². The van der Waals surface area contributed by atoms with E-state index in [0.29, 0.717) is 6.61 Å². The third-order valence-electron chi connectivity index (χ3n) is 2.78. The second kappa shape index (κ2) is 5.22. The summed E-state index contributed by atoms with van der Waals surface area (Å²) >= 11 is 3.24. The molecule has 0 radical (unpaired) electrons. The zero-order valence-corrected chi connectivity index (χ0v) is 13.3. The lowest BCUT2D eigenvalue weighted by molar-refractivity contribution is 0.298. The maximum absolute atomic E-state index is 5.77. The molecule has 0 spiro atoms. The molecule has 5 heteroatoms. The van der Waals surface area contributed by atoms with Crippen LogP contribution >= 0.6 is 23.3 Å². The predicted molar refractivity (Wildman–Crippen MR) is 86.8 cm³/mol. The number of fused-ring (bicyclic) bond motifs is 3. The van der Waals surface area contributed by atoms with Crippen molar-refractivity contribution < 1.29 is 4.74 Å². The van der Waals surface area contributed by atoms with E-state index in [9.17, 15) is 0 Å². The van der Waals surface area contributed by atoms with Gasteiger partial charge in [-0.25, -0.2) is 9.38 Å². The van der Waals surface area contributed by atoms with E-state index in [0.717, 1.165) is 22.6 Å². The fourth-order valence-electron chi connectivity index (χ4n) is 1.91. The standard InChI is InChI=1S/C15H16N2OS2/c1-15(2,3)20-17-7-10-4-5-11-13(6-10)18-8-12-14(11)19-9-16-12/h4-7,9H,8H2,1-3H3. The molecule has 0 saturated carbocycles. The van der Waals surface area contributed by atoms with Crippen LogP contribution < -0.4 is 4.74 Å². The van der Waals surface area contributed by atoms with Crippen LogP contribution in [0.3, 0.4) is 0 Å². The number of aromatic nitrogens is 1. The zero-order valence-electron chi connectivity index (χ0n) is 11.7. The molecule has 20 heavy (non-hydrogen) atoms. The van der Waals surface area contributed by atoms with E-state index >= 15 is 0 Å². The minimum atomic E-state index is 0.138. The Balaban J connectivity index is 1.85. The van der Waals surface area contributed by atoms with Crippen LogP contribution in [-0.2, 0) is 6.61 Å². The van der Waals surface area contributed by atoms with Gasteiger partial charge in [-0.15, -0.1) is 11.3 Å². The van der Waals surface area contributed by atoms with Crippen LogP contribution in [0, 0.1) is 0 Å². The zero-order chi connectivity index (χ0) is 14.2. The van der Waals surface area contributed by atoms with Crippen molar-refractivity contribution in [2.24, 2.45) is 4.40 Å². The first-order chi connectivity index (χ1) is 9.53. The molecule has 0 amide bonds. The number of rotatable bonds is 2. The second-order valence-electron chi connectivity index (χ2n) is 5.61. The Morgan fingerprint density at radius 1 is 1.40 bits per heavy atom. The maximum Gasteiger partial charge on any atom is 0.132 e. The van der Waals surface area contributed by atoms with Crippen LogP contribution in [0.1, 0.15) is 32.0 Å². The Morgan fingerprint density at radius 3 is 3.05 bits per heavy atom. The van der Waals surface area contributed by atoms with Gasteiger partial charge >= 0.3 is 0 Å². The molecule has 2 aromatic rings. The largest absolute Gasteiger partial charge is 0.487 e. The number of hydrogen-bond acceptors (Lipinski definition) is 5. The average molecular weight is 304 g/mol. The van der Waals surface area contributed by atoms with Crippen molar-refractivity contribution in [3.05, 3.63) is 35.0 Å². The van der Waals surface area contributed by atoms with E-state index in [1.54, 1.807) is 23.3 Å². The number of benzene rings is 1. The number of thiazole rings is 1. The van der Waals surface area contributed by atoms with Gasteiger partial charge in [-0.3, -0.25) is 0 Å². The van der Waals surface area contributed by atoms with Gasteiger partial charge in [0.05, 0.1) is 16.1 Å². The molecule has 3 rings (SSSR count). The topological polar surface area (TPSA) is 34.5 Å². The molecule has 104 valence electrons. The minimum absolute atomic E-state index is 0.138. The molecular formula is C15H16N2OS2. The van der Waals surface area contributed by atoms with Gasteiger partial charge in [0.2, 0.25) is 0 Å². The summed E-state index contributed by atoms with van der Waals surface area (Å²) in [5.74, 6) is 0.923. The van der Waals surface area contributed by atoms with Crippen molar-refractivity contribution in [2.75, 3.05) is 0 Å². The molecule has 0 N–H and O–H groups in total. The molecule has 0 unspecified atom stereocenters. The first kappa shape index (κ1) is 13.6. The highest BCUT2D eigenvalue weighted by Gasteiger charge is 2.19. The van der Waals surface area contributed by atoms with E-state index in [2.05, 4.69) is 42.3 Å². The van der Waals surface area contributed by atoms with Gasteiger partial charge in [0.1, 0.15) is 12.4 Å². The fraction of sp³-hybridized carbons (Fsp3) is 0.333. The van der Waals surface area contributed by atoms with Gasteiger partial charge in [0.15, 0.2) is 0 Å². The lowest BCUT2D eigenvalue weighted by Gasteiger charge is -2.17. The highest BCUT2D eigenvalue weighted by atomic mass is 32.2. The van der Waals surface area contributed by atoms with Gasteiger partial charge in [-0.1, -0.05) is 6.07 Å². The normalized spacial score (nSPS) is 13.9. The summed E-state index contributed by atoms with van der Waals surface area (Å²) in [5.41, 5.74) is 5.11. The van der Waals surface area contributed by atoms with Crippen molar-refractivity contribution in [3.63, 3.8) is 0 Å². The number of hydrogen-bond donors (Lipinski definition) is 0. The van der Waals surface area contributed by atoms with Crippen molar-refractivity contribution in [2.45, 2.75) is 32.1 Å². The number of ether oxygens (including phenoxy) is 1. The van der Waals surface area contributed by atoms with Crippen molar-refractivity contribution in [1.29, 1.82) is 0 Å². The van der Waals surface area contributed by atoms with E-state index in [4.69, 9.17) is 4.74 Å². The summed E-state index contributed by atoms with van der Waals surface area (Å²) in [4.78, 5) is 5.54. The summed E-state index contributed by atoms with van der Waals surface area (Å²) in [5, 5.41) is 0. The Bertz CT molecular complexity index is 656. The van der Waals surface area contributed by atoms with Gasteiger partial charge in [-0.2, -0.15) is 0 Å². The van der Waals surface area contributed by atoms with Crippen molar-refractivity contribution >= 4 is 29.5 Å². The molecule has 1 aliphatic rings. The SMILES string of the molecule is CC(C)(C)SN=Cc1ccc2c(c1)OCc1ncsc1-2. The van der Waals surface area contributed by atoms with Crippen LogP contribution in [0.5, 0.6) is 5.75 Å². The molecule has 3 nitrogen and oxygen atoms in total. The lowest BCUT2D eigenvalue weighted by atomic mass is 10.1. The molecule has 1 aromatic heterocycles. The Morgan fingerprint density at radius 2 is 2.25 bits per heavy atom. The summed E-state index contributed by atoms with van der Waals surface area (Å²) in [6.07, 6.45) is 1.89. The van der Waals surface area contributed by atoms with E-state index in [-0.39, 0.29) is 4.75 Å². The molecule has 0 saturated heterocycles. The van der Waals surface area contributed by atoms with Crippen LogP contribution in [0.2, 0.25) is 0 Å². The first-order valence-corrected chi connectivity index (χ1v) is 8.09. The number of nitrogens with zero attached hydrogens (tertiary/aromatic N) is 2. The molecule has 2 heterocycles. The molecule has 0 aliphatic carbocycles. The third kappa shape index (κ3) is 2.88. The Hall–Kier alpha value is -1.33. The first-order valence-electron chi connectivity index (χ1n) is 6.44. The van der Waals surface area contributed by atoms with Gasteiger partial charge in [0.25, 0.3) is 0 Å². The quantitative estimate of drug-likeness (QED) is 0.602. The highest BCUT2D eigenvalue weighted by Crippen LogP contribution is 2.39. The third-order valence-corrected chi connectivity index (χ3v) is 4.44. The highest BCUT2D eigenvalue weighted by molar-refractivity contribution is 7.99. The summed E-state index contributed by atoms with van der Waals surface area (Å²) < 4.78 is 10.3. The molecular weight excluding hydrogens is 288 g/mol. The molecule has 0 fully saturated rings.